The maximum Gasteiger partial charge on any atom is 0.269 e. The lowest BCUT2D eigenvalue weighted by molar-refractivity contribution is -0.384. The summed E-state index contributed by atoms with van der Waals surface area (Å²) < 4.78 is 22.6. The number of hydrogen-bond acceptors (Lipinski definition) is 8. The molecule has 2 aromatic heterocycles. The first-order valence-electron chi connectivity index (χ1n) is 11.7. The summed E-state index contributed by atoms with van der Waals surface area (Å²) in [6, 6.07) is 26.4. The van der Waals surface area contributed by atoms with Crippen LogP contribution in [0, 0.1) is 21.4 Å². The van der Waals surface area contributed by atoms with Crippen LogP contribution in [0.1, 0.15) is 11.3 Å². The Morgan fingerprint density at radius 3 is 1.97 bits per heavy atom. The minimum Gasteiger partial charge on any atom is -0.497 e. The average Bonchev–Trinajstić information content (AvgIpc) is 3.61. The van der Waals surface area contributed by atoms with Crippen molar-refractivity contribution in [2.45, 2.75) is 0 Å². The summed E-state index contributed by atoms with van der Waals surface area (Å²) in [4.78, 5) is 14.9. The molecule has 0 bridgehead atoms. The second kappa shape index (κ2) is 10.8. The third-order valence-corrected chi connectivity index (χ3v) is 6.03. The number of non-ortho nitro benzene ring substituents is 1. The van der Waals surface area contributed by atoms with Gasteiger partial charge in [0.2, 0.25) is 5.88 Å². The van der Waals surface area contributed by atoms with Gasteiger partial charge in [0.05, 0.1) is 25.4 Å². The van der Waals surface area contributed by atoms with Crippen molar-refractivity contribution in [2.75, 3.05) is 14.2 Å². The van der Waals surface area contributed by atoms with Crippen LogP contribution in [-0.2, 0) is 0 Å². The fourth-order valence-corrected chi connectivity index (χ4v) is 4.04. The number of nitriles is 1. The van der Waals surface area contributed by atoms with Gasteiger partial charge in [-0.1, -0.05) is 12.1 Å². The molecule has 192 valence electrons. The van der Waals surface area contributed by atoms with Crippen LogP contribution >= 0.6 is 0 Å². The maximum atomic E-state index is 10.9. The Hall–Kier alpha value is -5.62. The third kappa shape index (κ3) is 5.12. The van der Waals surface area contributed by atoms with Crippen molar-refractivity contribution in [1.82, 2.24) is 0 Å². The number of hydrogen-bond donors (Lipinski definition) is 0. The van der Waals surface area contributed by atoms with Crippen molar-refractivity contribution in [1.29, 1.82) is 5.26 Å². The van der Waals surface area contributed by atoms with Gasteiger partial charge in [0.1, 0.15) is 40.4 Å². The van der Waals surface area contributed by atoms with E-state index in [0.29, 0.717) is 39.9 Å². The lowest BCUT2D eigenvalue weighted by atomic mass is 9.98. The molecule has 5 aromatic rings. The molecule has 0 atom stereocenters. The summed E-state index contributed by atoms with van der Waals surface area (Å²) in [5.74, 6) is 2.92. The van der Waals surface area contributed by atoms with Crippen LogP contribution in [0.25, 0.3) is 33.8 Å². The number of nitro benzene ring substituents is 1. The normalized spacial score (nSPS) is 10.9. The minimum absolute atomic E-state index is 0.00530. The van der Waals surface area contributed by atoms with Gasteiger partial charge in [-0.2, -0.15) is 5.26 Å². The molecule has 0 aliphatic heterocycles. The lowest BCUT2D eigenvalue weighted by Gasteiger charge is -2.06. The molecule has 0 aliphatic rings. The molecule has 2 heterocycles. The third-order valence-electron chi connectivity index (χ3n) is 6.03. The molecule has 3 aromatic carbocycles. The van der Waals surface area contributed by atoms with Gasteiger partial charge in [-0.25, -0.2) is 4.99 Å². The van der Waals surface area contributed by atoms with Gasteiger partial charge in [0.15, 0.2) is 0 Å². The van der Waals surface area contributed by atoms with Crippen molar-refractivity contribution >= 4 is 17.8 Å². The van der Waals surface area contributed by atoms with Gasteiger partial charge >= 0.3 is 0 Å². The molecule has 0 radical (unpaired) electrons. The van der Waals surface area contributed by atoms with Gasteiger partial charge in [-0.05, 0) is 66.2 Å². The summed E-state index contributed by atoms with van der Waals surface area (Å²) in [6.45, 7) is 0. The predicted molar refractivity (Wildman–Crippen MR) is 145 cm³/mol. The van der Waals surface area contributed by atoms with Crippen LogP contribution in [0.4, 0.5) is 11.6 Å². The smallest absolute Gasteiger partial charge is 0.269 e. The lowest BCUT2D eigenvalue weighted by Crippen LogP contribution is -1.87. The summed E-state index contributed by atoms with van der Waals surface area (Å²) in [7, 11) is 3.18. The van der Waals surface area contributed by atoms with Crippen LogP contribution in [0.2, 0.25) is 0 Å². The average molecular weight is 520 g/mol. The largest absolute Gasteiger partial charge is 0.497 e. The van der Waals surface area contributed by atoms with Crippen LogP contribution in [0.15, 0.2) is 98.8 Å². The van der Waals surface area contributed by atoms with Crippen LogP contribution in [-0.4, -0.2) is 25.4 Å². The van der Waals surface area contributed by atoms with Gasteiger partial charge in [0, 0.05) is 28.8 Å². The van der Waals surface area contributed by atoms with Crippen molar-refractivity contribution in [2.24, 2.45) is 4.99 Å². The van der Waals surface area contributed by atoms with Crippen LogP contribution < -0.4 is 9.47 Å². The van der Waals surface area contributed by atoms with Gasteiger partial charge in [-0.15, -0.1) is 0 Å². The summed E-state index contributed by atoms with van der Waals surface area (Å²) >= 11 is 0. The van der Waals surface area contributed by atoms with E-state index in [-0.39, 0.29) is 17.1 Å². The van der Waals surface area contributed by atoms with Crippen LogP contribution in [0.3, 0.4) is 0 Å². The van der Waals surface area contributed by atoms with E-state index >= 15 is 0 Å². The predicted octanol–water partition coefficient (Wildman–Crippen LogP) is 7.42. The Morgan fingerprint density at radius 2 is 1.41 bits per heavy atom. The monoisotopic (exact) mass is 519 g/mol. The number of ether oxygens (including phenoxy) is 2. The molecule has 5 rings (SSSR count). The number of benzene rings is 3. The standard InChI is InChI=1S/C30H21N3O6/c1-36-23-11-5-20(6-12-23)28-26(17-31)30(39-29(28)21-7-13-24(37-2)14-8-21)32-18-25-15-16-27(38-25)19-3-9-22(10-4-19)33(34)35/h3-16,18H,1-2H3. The maximum absolute atomic E-state index is 10.9. The second-order valence-corrected chi connectivity index (χ2v) is 8.32. The van der Waals surface area contributed by atoms with E-state index < -0.39 is 4.92 Å². The van der Waals surface area contributed by atoms with E-state index in [1.54, 1.807) is 38.5 Å². The van der Waals surface area contributed by atoms with Crippen molar-refractivity contribution in [3.63, 3.8) is 0 Å². The van der Waals surface area contributed by atoms with E-state index in [1.807, 2.05) is 48.5 Å². The zero-order chi connectivity index (χ0) is 27.4. The van der Waals surface area contributed by atoms with E-state index in [4.69, 9.17) is 18.3 Å². The van der Waals surface area contributed by atoms with Crippen molar-refractivity contribution in [3.8, 4) is 51.3 Å². The summed E-state index contributed by atoms with van der Waals surface area (Å²) in [5.41, 5.74) is 3.06. The quantitative estimate of drug-likeness (QED) is 0.119. The second-order valence-electron chi connectivity index (χ2n) is 8.32. The number of nitrogens with zero attached hydrogens (tertiary/aromatic N) is 3. The number of nitro groups is 1. The highest BCUT2D eigenvalue weighted by Gasteiger charge is 2.23. The topological polar surface area (TPSA) is 124 Å². The molecule has 39 heavy (non-hydrogen) atoms. The highest BCUT2D eigenvalue weighted by Crippen LogP contribution is 2.43. The first-order valence-corrected chi connectivity index (χ1v) is 11.7. The Labute approximate surface area is 223 Å². The van der Waals surface area contributed by atoms with E-state index in [0.717, 1.165) is 11.1 Å². The summed E-state index contributed by atoms with van der Waals surface area (Å²) in [6.07, 6.45) is 1.46. The number of methoxy groups -OCH3 is 2. The molecule has 0 fully saturated rings. The molecule has 9 nitrogen and oxygen atoms in total. The fraction of sp³-hybridized carbons (Fsp3) is 0.0667. The zero-order valence-electron chi connectivity index (χ0n) is 21.0. The number of aliphatic imine (C=N–C) groups is 1. The molecule has 0 N–H and O–H groups in total. The molecule has 0 spiro atoms. The molecular formula is C30H21N3O6. The van der Waals surface area contributed by atoms with Gasteiger partial charge < -0.3 is 18.3 Å². The van der Waals surface area contributed by atoms with Crippen LogP contribution in [0.5, 0.6) is 11.5 Å². The van der Waals surface area contributed by atoms with Gasteiger partial charge in [0.25, 0.3) is 5.69 Å². The molecule has 0 saturated heterocycles. The number of furan rings is 2. The summed E-state index contributed by atoms with van der Waals surface area (Å²) in [5, 5.41) is 21.0. The van der Waals surface area contributed by atoms with E-state index in [1.165, 1.54) is 18.3 Å². The highest BCUT2D eigenvalue weighted by molar-refractivity contribution is 5.89. The molecule has 0 aliphatic carbocycles. The van der Waals surface area contributed by atoms with Gasteiger partial charge in [-0.3, -0.25) is 10.1 Å². The molecule has 0 amide bonds. The number of rotatable bonds is 8. The van der Waals surface area contributed by atoms with Crippen molar-refractivity contribution in [3.05, 3.63) is 106 Å². The Bertz CT molecular complexity index is 1690. The van der Waals surface area contributed by atoms with Crippen molar-refractivity contribution < 1.29 is 23.2 Å². The molecule has 9 heteroatoms. The zero-order valence-corrected chi connectivity index (χ0v) is 21.0. The molecule has 0 saturated carbocycles. The van der Waals surface area contributed by atoms with E-state index in [2.05, 4.69) is 11.1 Å². The Kier molecular flexibility index (Phi) is 6.92. The van der Waals surface area contributed by atoms with E-state index in [9.17, 15) is 15.4 Å². The molecule has 0 unspecified atom stereocenters. The SMILES string of the molecule is COc1ccc(-c2oc(N=Cc3ccc(-c4ccc([N+](=O)[O-])cc4)o3)c(C#N)c2-c2ccc(OC)cc2)cc1. The Morgan fingerprint density at radius 1 is 0.821 bits per heavy atom. The highest BCUT2D eigenvalue weighted by atomic mass is 16.6. The Balaban J connectivity index is 1.53. The first kappa shape index (κ1) is 25.0. The molecular weight excluding hydrogens is 498 g/mol. The minimum atomic E-state index is -0.458. The fourth-order valence-electron chi connectivity index (χ4n) is 4.04. The first-order chi connectivity index (χ1) is 19.0.